The molecular weight excluding hydrogens is 626 g/mol. The minimum Gasteiger partial charge on any atom is -0.461 e. The van der Waals surface area contributed by atoms with Gasteiger partial charge >= 0.3 is 11.9 Å². The van der Waals surface area contributed by atoms with Crippen molar-refractivity contribution < 1.29 is 28.5 Å². The molecule has 0 N–H and O–H groups in total. The first kappa shape index (κ1) is 46.3. The number of carbonyl (C=O) groups is 2. The minimum absolute atomic E-state index is 0.0765. The van der Waals surface area contributed by atoms with Crippen molar-refractivity contribution in [3.05, 3.63) is 24.3 Å². The third-order valence-corrected chi connectivity index (χ3v) is 9.48. The van der Waals surface area contributed by atoms with E-state index < -0.39 is 0 Å². The SMILES string of the molecule is CCCCCC/C=C\COC(=O)CCCCCCCCOC(CCCCCCCC(=O)OC/C=C\CCCCCC)OCCCN1CCCC1. The molecular formula is C43H79NO6. The molecule has 0 aromatic carbocycles. The number of ether oxygens (including phenoxy) is 4. The van der Waals surface area contributed by atoms with E-state index in [4.69, 9.17) is 18.9 Å². The maximum atomic E-state index is 12.0. The molecule has 0 amide bonds. The van der Waals surface area contributed by atoms with Gasteiger partial charge in [0.05, 0.1) is 6.61 Å². The molecule has 1 saturated heterocycles. The summed E-state index contributed by atoms with van der Waals surface area (Å²) < 4.78 is 23.1. The van der Waals surface area contributed by atoms with Gasteiger partial charge in [0.2, 0.25) is 0 Å². The summed E-state index contributed by atoms with van der Waals surface area (Å²) in [5.74, 6) is -0.157. The van der Waals surface area contributed by atoms with Gasteiger partial charge in [-0.3, -0.25) is 9.59 Å². The second-order valence-corrected chi connectivity index (χ2v) is 14.3. The monoisotopic (exact) mass is 706 g/mol. The second kappa shape index (κ2) is 37.1. The number of allylic oxidation sites excluding steroid dienone is 2. The van der Waals surface area contributed by atoms with Gasteiger partial charge in [-0.25, -0.2) is 0 Å². The number of nitrogens with zero attached hydrogens (tertiary/aromatic N) is 1. The van der Waals surface area contributed by atoms with Crippen molar-refractivity contribution in [3.63, 3.8) is 0 Å². The Balaban J connectivity index is 2.09. The van der Waals surface area contributed by atoms with Crippen LogP contribution >= 0.6 is 0 Å². The fraction of sp³-hybridized carbons (Fsp3) is 0.860. The lowest BCUT2D eigenvalue weighted by molar-refractivity contribution is -0.148. The van der Waals surface area contributed by atoms with E-state index in [0.29, 0.717) is 26.1 Å². The summed E-state index contributed by atoms with van der Waals surface area (Å²) in [6.07, 6.45) is 37.9. The van der Waals surface area contributed by atoms with Gasteiger partial charge in [0.1, 0.15) is 13.2 Å². The summed E-state index contributed by atoms with van der Waals surface area (Å²) in [6.45, 7) is 10.3. The molecule has 0 aromatic heterocycles. The molecule has 0 bridgehead atoms. The Hall–Kier alpha value is -1.70. The molecule has 0 radical (unpaired) electrons. The number of unbranched alkanes of at least 4 members (excludes halogenated alkanes) is 17. The molecule has 7 nitrogen and oxygen atoms in total. The van der Waals surface area contributed by atoms with Gasteiger partial charge in [0.15, 0.2) is 6.29 Å². The standard InChI is InChI=1S/C43H79NO6/c1-3-5-7-9-12-19-27-37-47-41(45)31-22-16-11-14-21-29-39-49-43(50-40-30-36-44-34-25-26-35-44)33-24-18-15-17-23-32-42(46)48-38-28-20-13-10-8-6-4-2/h19-20,27-28,43H,3-18,21-26,29-40H2,1-2H3/b27-19-,28-20-. The van der Waals surface area contributed by atoms with E-state index in [-0.39, 0.29) is 18.2 Å². The van der Waals surface area contributed by atoms with Crippen LogP contribution in [0.25, 0.3) is 0 Å². The van der Waals surface area contributed by atoms with Gasteiger partial charge in [0.25, 0.3) is 0 Å². The first-order valence-electron chi connectivity index (χ1n) is 21.2. The Bertz CT molecular complexity index is 809. The van der Waals surface area contributed by atoms with Gasteiger partial charge in [-0.15, -0.1) is 0 Å². The van der Waals surface area contributed by atoms with Crippen LogP contribution in [-0.2, 0) is 28.5 Å². The molecule has 0 aromatic rings. The van der Waals surface area contributed by atoms with Crippen molar-refractivity contribution in [2.24, 2.45) is 0 Å². The summed E-state index contributed by atoms with van der Waals surface area (Å²) in [4.78, 5) is 26.5. The number of rotatable bonds is 37. The lowest BCUT2D eigenvalue weighted by Gasteiger charge is -2.20. The molecule has 0 aliphatic carbocycles. The van der Waals surface area contributed by atoms with E-state index in [9.17, 15) is 9.59 Å². The highest BCUT2D eigenvalue weighted by Crippen LogP contribution is 2.15. The molecule has 1 aliphatic heterocycles. The van der Waals surface area contributed by atoms with Crippen molar-refractivity contribution in [1.82, 2.24) is 4.90 Å². The molecule has 1 rings (SSSR count). The van der Waals surface area contributed by atoms with E-state index in [1.807, 2.05) is 12.2 Å². The van der Waals surface area contributed by atoms with Crippen LogP contribution in [0.5, 0.6) is 0 Å². The van der Waals surface area contributed by atoms with E-state index in [1.165, 1.54) is 83.7 Å². The fourth-order valence-corrected chi connectivity index (χ4v) is 6.30. The molecule has 1 unspecified atom stereocenters. The van der Waals surface area contributed by atoms with Crippen LogP contribution < -0.4 is 0 Å². The van der Waals surface area contributed by atoms with Crippen molar-refractivity contribution in [2.75, 3.05) is 46.1 Å². The highest BCUT2D eigenvalue weighted by Gasteiger charge is 2.13. The molecule has 1 heterocycles. The average Bonchev–Trinajstić information content (AvgIpc) is 3.64. The van der Waals surface area contributed by atoms with Crippen LogP contribution in [0.4, 0.5) is 0 Å². The van der Waals surface area contributed by atoms with Crippen LogP contribution in [0, 0.1) is 0 Å². The molecule has 1 fully saturated rings. The summed E-state index contributed by atoms with van der Waals surface area (Å²) in [5.41, 5.74) is 0. The maximum Gasteiger partial charge on any atom is 0.306 e. The quantitative estimate of drug-likeness (QED) is 0.0276. The minimum atomic E-state index is -0.120. The van der Waals surface area contributed by atoms with Crippen molar-refractivity contribution in [2.45, 2.75) is 193 Å². The van der Waals surface area contributed by atoms with Gasteiger partial charge in [-0.1, -0.05) is 122 Å². The first-order chi connectivity index (χ1) is 24.7. The average molecular weight is 706 g/mol. The third kappa shape index (κ3) is 32.2. The summed E-state index contributed by atoms with van der Waals surface area (Å²) in [7, 11) is 0. The number of likely N-dealkylation sites (tertiary alicyclic amines) is 1. The number of hydrogen-bond acceptors (Lipinski definition) is 7. The molecule has 7 heteroatoms. The second-order valence-electron chi connectivity index (χ2n) is 14.3. The zero-order valence-electron chi connectivity index (χ0n) is 32.8. The number of hydrogen-bond donors (Lipinski definition) is 0. The van der Waals surface area contributed by atoms with Crippen LogP contribution in [-0.4, -0.2) is 69.2 Å². The Morgan fingerprint density at radius 3 is 1.54 bits per heavy atom. The van der Waals surface area contributed by atoms with E-state index in [0.717, 1.165) is 110 Å². The highest BCUT2D eigenvalue weighted by molar-refractivity contribution is 5.69. The van der Waals surface area contributed by atoms with Crippen molar-refractivity contribution in [3.8, 4) is 0 Å². The van der Waals surface area contributed by atoms with Crippen LogP contribution in [0.2, 0.25) is 0 Å². The predicted octanol–water partition coefficient (Wildman–Crippen LogP) is 11.4. The summed E-state index contributed by atoms with van der Waals surface area (Å²) in [6, 6.07) is 0. The molecule has 1 atom stereocenters. The molecule has 50 heavy (non-hydrogen) atoms. The molecule has 0 spiro atoms. The van der Waals surface area contributed by atoms with E-state index >= 15 is 0 Å². The van der Waals surface area contributed by atoms with Crippen LogP contribution in [0.1, 0.15) is 187 Å². The van der Waals surface area contributed by atoms with Crippen molar-refractivity contribution in [1.29, 1.82) is 0 Å². The first-order valence-corrected chi connectivity index (χ1v) is 21.2. The summed E-state index contributed by atoms with van der Waals surface area (Å²) in [5, 5.41) is 0. The lowest BCUT2D eigenvalue weighted by Crippen LogP contribution is -2.24. The predicted molar refractivity (Wildman–Crippen MR) is 208 cm³/mol. The van der Waals surface area contributed by atoms with Gasteiger partial charge in [-0.05, 0) is 90.1 Å². The lowest BCUT2D eigenvalue weighted by atomic mass is 10.1. The zero-order valence-corrected chi connectivity index (χ0v) is 32.8. The largest absolute Gasteiger partial charge is 0.461 e. The zero-order chi connectivity index (χ0) is 36.0. The van der Waals surface area contributed by atoms with Gasteiger partial charge in [-0.2, -0.15) is 0 Å². The van der Waals surface area contributed by atoms with E-state index in [2.05, 4.69) is 30.9 Å². The summed E-state index contributed by atoms with van der Waals surface area (Å²) >= 11 is 0. The maximum absolute atomic E-state index is 12.0. The molecule has 0 saturated carbocycles. The van der Waals surface area contributed by atoms with Crippen LogP contribution in [0.3, 0.4) is 0 Å². The fourth-order valence-electron chi connectivity index (χ4n) is 6.30. The topological polar surface area (TPSA) is 74.3 Å². The Labute approximate surface area is 308 Å². The Morgan fingerprint density at radius 2 is 1.00 bits per heavy atom. The number of esters is 2. The third-order valence-electron chi connectivity index (χ3n) is 9.48. The van der Waals surface area contributed by atoms with Gasteiger partial charge < -0.3 is 23.8 Å². The van der Waals surface area contributed by atoms with E-state index in [1.54, 1.807) is 0 Å². The molecule has 1 aliphatic rings. The smallest absolute Gasteiger partial charge is 0.306 e. The van der Waals surface area contributed by atoms with Crippen LogP contribution in [0.15, 0.2) is 24.3 Å². The number of carbonyl (C=O) groups excluding carboxylic acids is 2. The normalized spacial score (nSPS) is 14.3. The van der Waals surface area contributed by atoms with Gasteiger partial charge in [0, 0.05) is 26.0 Å². The Morgan fingerprint density at radius 1 is 0.540 bits per heavy atom. The Kier molecular flexibility index (Phi) is 34.3. The van der Waals surface area contributed by atoms with Crippen molar-refractivity contribution >= 4 is 11.9 Å². The molecule has 292 valence electrons. The highest BCUT2D eigenvalue weighted by atomic mass is 16.7.